The van der Waals surface area contributed by atoms with Crippen molar-refractivity contribution in [3.05, 3.63) is 59.9 Å². The standard InChI is InChI=1S/C21H22N4O4S.C2H6/c1-14-5-6-16(21(27)25-11-7-15(26)8-12-25)18(13-14)24-30(28,29)19-4-2-3-17-20(19)23-10-9-22-17;1-2/h2-6,9-10,13,15,24,26H,7-8,11-12H2,1H3;1-2H3. The van der Waals surface area contributed by atoms with Gasteiger partial charge in [-0.05, 0) is 49.6 Å². The third-order valence-corrected chi connectivity index (χ3v) is 6.55. The lowest BCUT2D eigenvalue weighted by molar-refractivity contribution is 0.0547. The second-order valence-corrected chi connectivity index (χ2v) is 9.01. The maximum absolute atomic E-state index is 13.2. The summed E-state index contributed by atoms with van der Waals surface area (Å²) in [5.41, 5.74) is 2.03. The Bertz CT molecular complexity index is 1200. The molecule has 0 saturated carbocycles. The van der Waals surface area contributed by atoms with Crippen molar-refractivity contribution in [1.82, 2.24) is 14.9 Å². The van der Waals surface area contributed by atoms with Crippen molar-refractivity contribution in [3.8, 4) is 0 Å². The van der Waals surface area contributed by atoms with Gasteiger partial charge in [-0.2, -0.15) is 0 Å². The van der Waals surface area contributed by atoms with Gasteiger partial charge in [0.15, 0.2) is 0 Å². The quantitative estimate of drug-likeness (QED) is 0.623. The number of carbonyl (C=O) groups is 1. The molecule has 1 amide bonds. The second-order valence-electron chi connectivity index (χ2n) is 7.36. The predicted molar refractivity (Wildman–Crippen MR) is 124 cm³/mol. The molecule has 170 valence electrons. The number of para-hydroxylation sites is 1. The van der Waals surface area contributed by atoms with Crippen molar-refractivity contribution < 1.29 is 18.3 Å². The van der Waals surface area contributed by atoms with Crippen molar-refractivity contribution in [2.24, 2.45) is 0 Å². The zero-order valence-electron chi connectivity index (χ0n) is 18.4. The lowest BCUT2D eigenvalue weighted by Crippen LogP contribution is -2.40. The van der Waals surface area contributed by atoms with Crippen LogP contribution in [0.3, 0.4) is 0 Å². The number of sulfonamides is 1. The minimum atomic E-state index is -4.02. The van der Waals surface area contributed by atoms with Gasteiger partial charge in [-0.25, -0.2) is 8.42 Å². The summed E-state index contributed by atoms with van der Waals surface area (Å²) in [7, 11) is -4.02. The minimum absolute atomic E-state index is 0.00546. The predicted octanol–water partition coefficient (Wildman–Crippen LogP) is 3.36. The van der Waals surface area contributed by atoms with Gasteiger partial charge in [-0.15, -0.1) is 0 Å². The number of benzene rings is 2. The first-order valence-corrected chi connectivity index (χ1v) is 12.1. The number of nitrogens with one attached hydrogen (secondary N) is 1. The highest BCUT2D eigenvalue weighted by atomic mass is 32.2. The zero-order chi connectivity index (χ0) is 23.3. The van der Waals surface area contributed by atoms with Crippen LogP contribution in [0, 0.1) is 6.92 Å². The molecule has 2 N–H and O–H groups in total. The average molecular weight is 457 g/mol. The normalized spacial score (nSPS) is 14.6. The number of hydrogen-bond donors (Lipinski definition) is 2. The van der Waals surface area contributed by atoms with E-state index in [2.05, 4.69) is 14.7 Å². The first-order chi connectivity index (χ1) is 15.3. The fraction of sp³-hybridized carbons (Fsp3) is 0.348. The monoisotopic (exact) mass is 456 g/mol. The maximum atomic E-state index is 13.2. The van der Waals surface area contributed by atoms with E-state index in [9.17, 15) is 18.3 Å². The van der Waals surface area contributed by atoms with Gasteiger partial charge < -0.3 is 10.0 Å². The van der Waals surface area contributed by atoms with Crippen LogP contribution in [0.4, 0.5) is 5.69 Å². The summed E-state index contributed by atoms with van der Waals surface area (Å²) < 4.78 is 28.9. The van der Waals surface area contributed by atoms with Crippen LogP contribution in [0.15, 0.2) is 53.7 Å². The molecule has 9 heteroatoms. The number of hydrogen-bond acceptors (Lipinski definition) is 6. The summed E-state index contributed by atoms with van der Waals surface area (Å²) >= 11 is 0. The Labute approximate surface area is 188 Å². The second kappa shape index (κ2) is 10.1. The Morgan fingerprint density at radius 1 is 1.09 bits per heavy atom. The van der Waals surface area contributed by atoms with E-state index in [1.807, 2.05) is 20.8 Å². The highest BCUT2D eigenvalue weighted by Crippen LogP contribution is 2.26. The number of piperidine rings is 1. The number of nitrogens with zero attached hydrogens (tertiary/aromatic N) is 3. The number of carbonyl (C=O) groups excluding carboxylic acids is 1. The summed E-state index contributed by atoms with van der Waals surface area (Å²) in [6.45, 7) is 6.69. The molecule has 4 rings (SSSR count). The van der Waals surface area contributed by atoms with E-state index >= 15 is 0 Å². The number of aryl methyl sites for hydroxylation is 1. The number of amides is 1. The molecule has 1 aliphatic rings. The molecule has 1 saturated heterocycles. The van der Waals surface area contributed by atoms with Crippen molar-refractivity contribution in [1.29, 1.82) is 0 Å². The van der Waals surface area contributed by atoms with Crippen LogP contribution >= 0.6 is 0 Å². The average Bonchev–Trinajstić information content (AvgIpc) is 2.80. The maximum Gasteiger partial charge on any atom is 0.264 e. The topological polar surface area (TPSA) is 112 Å². The number of anilines is 1. The van der Waals surface area contributed by atoms with E-state index in [1.165, 1.54) is 18.5 Å². The Hall–Kier alpha value is -3.04. The first kappa shape index (κ1) is 23.6. The lowest BCUT2D eigenvalue weighted by Gasteiger charge is -2.30. The van der Waals surface area contributed by atoms with E-state index in [-0.39, 0.29) is 27.6 Å². The van der Waals surface area contributed by atoms with Gasteiger partial charge in [0.2, 0.25) is 0 Å². The van der Waals surface area contributed by atoms with Crippen LogP contribution in [-0.4, -0.2) is 53.5 Å². The highest BCUT2D eigenvalue weighted by molar-refractivity contribution is 7.93. The molecule has 0 bridgehead atoms. The summed E-state index contributed by atoms with van der Waals surface area (Å²) in [5, 5.41) is 9.70. The van der Waals surface area contributed by atoms with Gasteiger partial charge in [-0.1, -0.05) is 26.0 Å². The van der Waals surface area contributed by atoms with E-state index in [0.29, 0.717) is 31.4 Å². The molecule has 1 fully saturated rings. The Morgan fingerprint density at radius 2 is 1.78 bits per heavy atom. The number of aliphatic hydroxyl groups excluding tert-OH is 1. The molecule has 0 atom stereocenters. The van der Waals surface area contributed by atoms with Crippen LogP contribution in [0.5, 0.6) is 0 Å². The largest absolute Gasteiger partial charge is 0.393 e. The molecule has 2 aromatic carbocycles. The number of fused-ring (bicyclic) bond motifs is 1. The Morgan fingerprint density at radius 3 is 2.50 bits per heavy atom. The van der Waals surface area contributed by atoms with Gasteiger partial charge in [0.25, 0.3) is 15.9 Å². The molecule has 1 aromatic heterocycles. The number of likely N-dealkylation sites (tertiary alicyclic amines) is 1. The zero-order valence-corrected chi connectivity index (χ0v) is 19.3. The van der Waals surface area contributed by atoms with Crippen molar-refractivity contribution in [2.45, 2.75) is 44.6 Å². The van der Waals surface area contributed by atoms with Crippen LogP contribution in [-0.2, 0) is 10.0 Å². The molecule has 8 nitrogen and oxygen atoms in total. The van der Waals surface area contributed by atoms with Crippen LogP contribution in [0.1, 0.15) is 42.6 Å². The van der Waals surface area contributed by atoms with Gasteiger partial charge in [0.1, 0.15) is 10.4 Å². The molecular formula is C23H28N4O4S. The number of rotatable bonds is 4. The SMILES string of the molecule is CC.Cc1ccc(C(=O)N2CCC(O)CC2)c(NS(=O)(=O)c2cccc3nccnc23)c1. The van der Waals surface area contributed by atoms with Crippen LogP contribution in [0.2, 0.25) is 0 Å². The molecule has 2 heterocycles. The van der Waals surface area contributed by atoms with E-state index in [1.54, 1.807) is 35.2 Å². The molecule has 3 aromatic rings. The molecular weight excluding hydrogens is 428 g/mol. The summed E-state index contributed by atoms with van der Waals surface area (Å²) in [5.74, 6) is -0.266. The molecule has 0 aliphatic carbocycles. The smallest absolute Gasteiger partial charge is 0.264 e. The third kappa shape index (κ3) is 5.05. The Kier molecular flexibility index (Phi) is 7.42. The lowest BCUT2D eigenvalue weighted by atomic mass is 10.0. The van der Waals surface area contributed by atoms with Crippen molar-refractivity contribution in [3.63, 3.8) is 0 Å². The third-order valence-electron chi connectivity index (χ3n) is 5.15. The Balaban J connectivity index is 0.00000141. The fourth-order valence-corrected chi connectivity index (χ4v) is 4.79. The van der Waals surface area contributed by atoms with Gasteiger partial charge in [0.05, 0.1) is 22.9 Å². The van der Waals surface area contributed by atoms with E-state index < -0.39 is 16.1 Å². The van der Waals surface area contributed by atoms with Gasteiger partial charge >= 0.3 is 0 Å². The van der Waals surface area contributed by atoms with Gasteiger partial charge in [0, 0.05) is 25.5 Å². The number of aromatic nitrogens is 2. The van der Waals surface area contributed by atoms with E-state index in [0.717, 1.165) is 5.56 Å². The molecule has 0 radical (unpaired) electrons. The highest BCUT2D eigenvalue weighted by Gasteiger charge is 2.26. The summed E-state index contributed by atoms with van der Waals surface area (Å²) in [6, 6.07) is 9.79. The fourth-order valence-electron chi connectivity index (χ4n) is 3.55. The summed E-state index contributed by atoms with van der Waals surface area (Å²) in [4.78, 5) is 23.0. The van der Waals surface area contributed by atoms with Crippen LogP contribution < -0.4 is 4.72 Å². The van der Waals surface area contributed by atoms with Crippen molar-refractivity contribution >= 4 is 32.7 Å². The molecule has 1 aliphatic heterocycles. The number of aliphatic hydroxyl groups is 1. The summed E-state index contributed by atoms with van der Waals surface area (Å²) in [6.07, 6.45) is 3.55. The van der Waals surface area contributed by atoms with Crippen molar-refractivity contribution in [2.75, 3.05) is 17.8 Å². The molecule has 32 heavy (non-hydrogen) atoms. The molecule has 0 unspecified atom stereocenters. The molecule has 0 spiro atoms. The first-order valence-electron chi connectivity index (χ1n) is 10.7. The van der Waals surface area contributed by atoms with Gasteiger partial charge in [-0.3, -0.25) is 19.5 Å². The van der Waals surface area contributed by atoms with Crippen LogP contribution in [0.25, 0.3) is 11.0 Å². The minimum Gasteiger partial charge on any atom is -0.393 e. The van der Waals surface area contributed by atoms with E-state index in [4.69, 9.17) is 0 Å².